The van der Waals surface area contributed by atoms with E-state index in [0.29, 0.717) is 12.5 Å². The number of hydrogen-bond donors (Lipinski definition) is 1. The molecule has 0 radical (unpaired) electrons. The summed E-state index contributed by atoms with van der Waals surface area (Å²) >= 11 is 0. The van der Waals surface area contributed by atoms with Gasteiger partial charge >= 0.3 is 0 Å². The van der Waals surface area contributed by atoms with Crippen molar-refractivity contribution >= 4 is 0 Å². The molecule has 0 aromatic heterocycles. The van der Waals surface area contributed by atoms with Gasteiger partial charge in [-0.1, -0.05) is 13.8 Å². The summed E-state index contributed by atoms with van der Waals surface area (Å²) in [7, 11) is 0. The number of rotatable bonds is 8. The molecule has 1 N–H and O–H groups in total. The van der Waals surface area contributed by atoms with Crippen molar-refractivity contribution in [2.75, 3.05) is 6.54 Å². The predicted octanol–water partition coefficient (Wildman–Crippen LogP) is 3.09. The molecule has 0 saturated carbocycles. The van der Waals surface area contributed by atoms with Crippen LogP contribution in [0.4, 0.5) is 0 Å². The molecule has 2 heteroatoms. The Hall–Kier alpha value is -0.550. The van der Waals surface area contributed by atoms with Gasteiger partial charge in [0.2, 0.25) is 0 Å². The molecule has 0 aromatic carbocycles. The fraction of sp³-hybridized carbons (Fsp3) is 0.917. The van der Waals surface area contributed by atoms with Crippen molar-refractivity contribution in [3.8, 4) is 6.07 Å². The van der Waals surface area contributed by atoms with Gasteiger partial charge in [0.05, 0.1) is 6.07 Å². The first-order valence-electron chi connectivity index (χ1n) is 5.77. The molecule has 0 spiro atoms. The average molecular weight is 196 g/mol. The zero-order valence-corrected chi connectivity index (χ0v) is 9.84. The Bertz CT molecular complexity index is 158. The highest BCUT2D eigenvalue weighted by Crippen LogP contribution is 2.06. The van der Waals surface area contributed by atoms with Crippen LogP contribution in [0, 0.1) is 17.2 Å². The van der Waals surface area contributed by atoms with Crippen LogP contribution in [0.1, 0.15) is 52.9 Å². The van der Waals surface area contributed by atoms with Crippen LogP contribution in [0.5, 0.6) is 0 Å². The molecular weight excluding hydrogens is 172 g/mol. The summed E-state index contributed by atoms with van der Waals surface area (Å²) in [5, 5.41) is 11.8. The molecule has 0 bridgehead atoms. The van der Waals surface area contributed by atoms with Crippen LogP contribution < -0.4 is 5.32 Å². The van der Waals surface area contributed by atoms with E-state index < -0.39 is 0 Å². The number of hydrogen-bond acceptors (Lipinski definition) is 2. The molecule has 1 unspecified atom stereocenters. The monoisotopic (exact) mass is 196 g/mol. The molecule has 1 atom stereocenters. The molecule has 0 aliphatic heterocycles. The van der Waals surface area contributed by atoms with Gasteiger partial charge < -0.3 is 5.32 Å². The Labute approximate surface area is 88.7 Å². The van der Waals surface area contributed by atoms with Gasteiger partial charge in [-0.25, -0.2) is 0 Å². The zero-order valence-electron chi connectivity index (χ0n) is 9.84. The smallest absolute Gasteiger partial charge is 0.0621 e. The molecule has 0 saturated heterocycles. The third-order valence-corrected chi connectivity index (χ3v) is 2.39. The van der Waals surface area contributed by atoms with Gasteiger partial charge in [0, 0.05) is 12.5 Å². The molecule has 0 aromatic rings. The van der Waals surface area contributed by atoms with E-state index >= 15 is 0 Å². The Morgan fingerprint density at radius 3 is 2.43 bits per heavy atom. The van der Waals surface area contributed by atoms with Gasteiger partial charge in [-0.2, -0.15) is 5.26 Å². The van der Waals surface area contributed by atoms with Crippen molar-refractivity contribution in [1.29, 1.82) is 5.26 Å². The number of unbranched alkanes of at least 4 members (excludes halogenated alkanes) is 2. The van der Waals surface area contributed by atoms with Crippen LogP contribution in [0.3, 0.4) is 0 Å². The van der Waals surface area contributed by atoms with Gasteiger partial charge in [-0.3, -0.25) is 0 Å². The van der Waals surface area contributed by atoms with E-state index in [1.54, 1.807) is 0 Å². The lowest BCUT2D eigenvalue weighted by Crippen LogP contribution is -2.27. The first-order chi connectivity index (χ1) is 6.66. The number of nitriles is 1. The minimum atomic E-state index is 0.625. The van der Waals surface area contributed by atoms with Crippen molar-refractivity contribution in [2.24, 2.45) is 5.92 Å². The van der Waals surface area contributed by atoms with Crippen molar-refractivity contribution < 1.29 is 0 Å². The van der Waals surface area contributed by atoms with Crippen LogP contribution in [-0.2, 0) is 0 Å². The summed E-state index contributed by atoms with van der Waals surface area (Å²) in [5.74, 6) is 0.804. The number of nitrogens with one attached hydrogen (secondary N) is 1. The van der Waals surface area contributed by atoms with E-state index in [1.807, 2.05) is 0 Å². The molecule has 82 valence electrons. The summed E-state index contributed by atoms with van der Waals surface area (Å²) in [6, 6.07) is 2.79. The second-order valence-corrected chi connectivity index (χ2v) is 4.44. The molecule has 0 heterocycles. The summed E-state index contributed by atoms with van der Waals surface area (Å²) in [4.78, 5) is 0. The summed E-state index contributed by atoms with van der Waals surface area (Å²) in [6.45, 7) is 7.83. The van der Waals surface area contributed by atoms with E-state index in [4.69, 9.17) is 5.26 Å². The van der Waals surface area contributed by atoms with Crippen molar-refractivity contribution in [3.63, 3.8) is 0 Å². The maximum absolute atomic E-state index is 8.35. The average Bonchev–Trinajstić information content (AvgIpc) is 2.14. The van der Waals surface area contributed by atoms with Gasteiger partial charge in [0.1, 0.15) is 0 Å². The van der Waals surface area contributed by atoms with Crippen LogP contribution in [0.15, 0.2) is 0 Å². The Morgan fingerprint density at radius 2 is 1.86 bits per heavy atom. The second kappa shape index (κ2) is 9.02. The zero-order chi connectivity index (χ0) is 10.8. The Kier molecular flexibility index (Phi) is 8.67. The van der Waals surface area contributed by atoms with E-state index in [9.17, 15) is 0 Å². The second-order valence-electron chi connectivity index (χ2n) is 4.44. The maximum Gasteiger partial charge on any atom is 0.0621 e. The van der Waals surface area contributed by atoms with Crippen molar-refractivity contribution in [2.45, 2.75) is 58.9 Å². The Morgan fingerprint density at radius 1 is 1.14 bits per heavy atom. The lowest BCUT2D eigenvalue weighted by Gasteiger charge is -2.14. The number of nitrogens with zero attached hydrogens (tertiary/aromatic N) is 1. The topological polar surface area (TPSA) is 35.8 Å². The lowest BCUT2D eigenvalue weighted by molar-refractivity contribution is 0.446. The quantitative estimate of drug-likeness (QED) is 0.605. The largest absolute Gasteiger partial charge is 0.314 e. The maximum atomic E-state index is 8.35. The molecule has 0 amide bonds. The van der Waals surface area contributed by atoms with Crippen molar-refractivity contribution in [1.82, 2.24) is 5.32 Å². The van der Waals surface area contributed by atoms with E-state index in [2.05, 4.69) is 32.2 Å². The normalized spacial score (nSPS) is 12.8. The fourth-order valence-corrected chi connectivity index (χ4v) is 1.36. The molecule has 2 nitrogen and oxygen atoms in total. The fourth-order valence-electron chi connectivity index (χ4n) is 1.36. The highest BCUT2D eigenvalue weighted by atomic mass is 14.9. The summed E-state index contributed by atoms with van der Waals surface area (Å²) in [6.07, 6.45) is 5.41. The molecule has 0 fully saturated rings. The lowest BCUT2D eigenvalue weighted by atomic mass is 10.0. The van der Waals surface area contributed by atoms with E-state index in [0.717, 1.165) is 25.3 Å². The summed E-state index contributed by atoms with van der Waals surface area (Å²) in [5.41, 5.74) is 0. The van der Waals surface area contributed by atoms with Gasteiger partial charge in [0.25, 0.3) is 0 Å². The van der Waals surface area contributed by atoms with E-state index in [1.165, 1.54) is 12.8 Å². The summed E-state index contributed by atoms with van der Waals surface area (Å²) < 4.78 is 0. The van der Waals surface area contributed by atoms with Crippen LogP contribution in [-0.4, -0.2) is 12.6 Å². The molecule has 0 aliphatic carbocycles. The third kappa shape index (κ3) is 9.54. The van der Waals surface area contributed by atoms with Gasteiger partial charge in [-0.05, 0) is 45.1 Å². The van der Waals surface area contributed by atoms with E-state index in [-0.39, 0.29) is 0 Å². The predicted molar refractivity (Wildman–Crippen MR) is 61.0 cm³/mol. The van der Waals surface area contributed by atoms with Crippen molar-refractivity contribution in [3.05, 3.63) is 0 Å². The highest BCUT2D eigenvalue weighted by molar-refractivity contribution is 4.69. The van der Waals surface area contributed by atoms with Crippen LogP contribution >= 0.6 is 0 Å². The third-order valence-electron chi connectivity index (χ3n) is 2.39. The molecule has 14 heavy (non-hydrogen) atoms. The minimum absolute atomic E-state index is 0.625. The highest BCUT2D eigenvalue weighted by Gasteiger charge is 2.01. The SMILES string of the molecule is CC(C)CCC(C)NCCCCC#N. The molecule has 0 aliphatic rings. The molecular formula is C12H24N2. The molecule has 0 rings (SSSR count). The van der Waals surface area contributed by atoms with Gasteiger partial charge in [0.15, 0.2) is 0 Å². The minimum Gasteiger partial charge on any atom is -0.314 e. The van der Waals surface area contributed by atoms with Crippen LogP contribution in [0.25, 0.3) is 0 Å². The first kappa shape index (κ1) is 13.4. The Balaban J connectivity index is 3.19. The van der Waals surface area contributed by atoms with Crippen LogP contribution in [0.2, 0.25) is 0 Å². The first-order valence-corrected chi connectivity index (χ1v) is 5.77. The van der Waals surface area contributed by atoms with Gasteiger partial charge in [-0.15, -0.1) is 0 Å². The standard InChI is InChI=1S/C12H24N2/c1-11(2)7-8-12(3)14-10-6-4-5-9-13/h11-12,14H,4-8,10H2,1-3H3.